The number of rotatable bonds is 6. The Labute approximate surface area is 137 Å². The molecule has 22 heavy (non-hydrogen) atoms. The lowest BCUT2D eigenvalue weighted by molar-refractivity contribution is 0.830. The minimum absolute atomic E-state index is 0.581. The molecule has 0 aromatic heterocycles. The van der Waals surface area contributed by atoms with Crippen LogP contribution >= 0.6 is 11.6 Å². The summed E-state index contributed by atoms with van der Waals surface area (Å²) in [5.41, 5.74) is 17.1. The summed E-state index contributed by atoms with van der Waals surface area (Å²) in [5.74, 6) is 0. The number of aryl methyl sites for hydroxylation is 2. The highest BCUT2D eigenvalue weighted by Gasteiger charge is 2.09. The SMILES string of the molecule is C=C(Nc1ccc(N)cc1Cl)c1cc(C)ccc1CCCN. The molecule has 0 amide bonds. The van der Waals surface area contributed by atoms with Crippen molar-refractivity contribution in [3.63, 3.8) is 0 Å². The maximum Gasteiger partial charge on any atom is 0.0661 e. The molecule has 0 atom stereocenters. The summed E-state index contributed by atoms with van der Waals surface area (Å²) >= 11 is 6.22. The van der Waals surface area contributed by atoms with Gasteiger partial charge in [-0.05, 0) is 56.1 Å². The first-order chi connectivity index (χ1) is 10.5. The molecule has 2 rings (SSSR count). The lowest BCUT2D eigenvalue weighted by atomic mass is 9.98. The molecule has 116 valence electrons. The summed E-state index contributed by atoms with van der Waals surface area (Å²) in [6.45, 7) is 6.91. The van der Waals surface area contributed by atoms with Crippen LogP contribution in [0.5, 0.6) is 0 Å². The van der Waals surface area contributed by atoms with Crippen LogP contribution in [0.4, 0.5) is 11.4 Å². The quantitative estimate of drug-likeness (QED) is 0.700. The second kappa shape index (κ2) is 7.34. The molecule has 0 bridgehead atoms. The summed E-state index contributed by atoms with van der Waals surface area (Å²) in [5, 5.41) is 3.87. The zero-order valence-electron chi connectivity index (χ0n) is 12.8. The Balaban J connectivity index is 2.26. The Hall–Kier alpha value is -1.97. The summed E-state index contributed by atoms with van der Waals surface area (Å²) in [7, 11) is 0. The molecule has 2 aromatic rings. The third-order valence-corrected chi connectivity index (χ3v) is 3.83. The van der Waals surface area contributed by atoms with Gasteiger partial charge in [0.15, 0.2) is 0 Å². The molecule has 0 aliphatic carbocycles. The third kappa shape index (κ3) is 4.03. The number of nitrogens with two attached hydrogens (primary N) is 2. The molecule has 0 radical (unpaired) electrons. The fourth-order valence-corrected chi connectivity index (χ4v) is 2.58. The first-order valence-corrected chi connectivity index (χ1v) is 7.70. The summed E-state index contributed by atoms with van der Waals surface area (Å²) in [6, 6.07) is 11.8. The summed E-state index contributed by atoms with van der Waals surface area (Å²) in [4.78, 5) is 0. The predicted octanol–water partition coefficient (Wildman–Crippen LogP) is 4.20. The van der Waals surface area contributed by atoms with Crippen molar-refractivity contribution in [2.24, 2.45) is 5.73 Å². The van der Waals surface area contributed by atoms with Gasteiger partial charge in [-0.15, -0.1) is 0 Å². The van der Waals surface area contributed by atoms with Gasteiger partial charge in [0, 0.05) is 16.9 Å². The standard InChI is InChI=1S/C18H22ClN3/c1-12-5-6-14(4-3-9-20)16(10-12)13(2)22-18-8-7-15(21)11-17(18)19/h5-8,10-11,22H,2-4,9,20-21H2,1H3. The minimum atomic E-state index is 0.581. The van der Waals surface area contributed by atoms with E-state index in [1.807, 2.05) is 12.1 Å². The van der Waals surface area contributed by atoms with Crippen LogP contribution in [0.2, 0.25) is 5.02 Å². The second-order valence-corrected chi connectivity index (χ2v) is 5.80. The smallest absolute Gasteiger partial charge is 0.0661 e. The van der Waals surface area contributed by atoms with Crippen LogP contribution in [0.1, 0.15) is 23.1 Å². The van der Waals surface area contributed by atoms with Crippen LogP contribution in [0.3, 0.4) is 0 Å². The van der Waals surface area contributed by atoms with E-state index < -0.39 is 0 Å². The summed E-state index contributed by atoms with van der Waals surface area (Å²) in [6.07, 6.45) is 1.88. The van der Waals surface area contributed by atoms with Gasteiger partial charge in [-0.1, -0.05) is 35.9 Å². The molecule has 3 nitrogen and oxygen atoms in total. The number of nitrogen functional groups attached to an aromatic ring is 1. The van der Waals surface area contributed by atoms with Gasteiger partial charge in [0.1, 0.15) is 0 Å². The molecule has 0 spiro atoms. The van der Waals surface area contributed by atoms with Crippen LogP contribution in [-0.4, -0.2) is 6.54 Å². The molecule has 0 unspecified atom stereocenters. The van der Waals surface area contributed by atoms with E-state index >= 15 is 0 Å². The maximum atomic E-state index is 6.22. The average Bonchev–Trinajstić information content (AvgIpc) is 2.48. The maximum absolute atomic E-state index is 6.22. The van der Waals surface area contributed by atoms with Crippen LogP contribution in [-0.2, 0) is 6.42 Å². The van der Waals surface area contributed by atoms with E-state index in [9.17, 15) is 0 Å². The predicted molar refractivity (Wildman–Crippen MR) is 97.1 cm³/mol. The Morgan fingerprint density at radius 1 is 1.23 bits per heavy atom. The molecule has 4 heteroatoms. The minimum Gasteiger partial charge on any atom is -0.399 e. The zero-order valence-corrected chi connectivity index (χ0v) is 13.6. The average molecular weight is 316 g/mol. The van der Waals surface area contributed by atoms with Crippen molar-refractivity contribution in [3.05, 3.63) is 64.7 Å². The molecular weight excluding hydrogens is 294 g/mol. The highest BCUT2D eigenvalue weighted by atomic mass is 35.5. The highest BCUT2D eigenvalue weighted by Crippen LogP contribution is 2.28. The van der Waals surface area contributed by atoms with E-state index in [-0.39, 0.29) is 0 Å². The molecule has 0 heterocycles. The number of nitrogens with one attached hydrogen (secondary N) is 1. The normalized spacial score (nSPS) is 10.5. The Bertz CT molecular complexity index is 680. The van der Waals surface area contributed by atoms with E-state index in [4.69, 9.17) is 23.1 Å². The van der Waals surface area contributed by atoms with Crippen LogP contribution in [0.15, 0.2) is 43.0 Å². The fraction of sp³-hybridized carbons (Fsp3) is 0.222. The van der Waals surface area contributed by atoms with Crippen molar-refractivity contribution in [2.75, 3.05) is 17.6 Å². The third-order valence-electron chi connectivity index (χ3n) is 3.52. The first-order valence-electron chi connectivity index (χ1n) is 7.32. The van der Waals surface area contributed by atoms with Crippen LogP contribution < -0.4 is 16.8 Å². The second-order valence-electron chi connectivity index (χ2n) is 5.40. The van der Waals surface area contributed by atoms with Gasteiger partial charge in [-0.2, -0.15) is 0 Å². The number of halogens is 1. The fourth-order valence-electron chi connectivity index (χ4n) is 2.34. The molecule has 2 aromatic carbocycles. The molecule has 5 N–H and O–H groups in total. The Morgan fingerprint density at radius 3 is 2.68 bits per heavy atom. The van der Waals surface area contributed by atoms with E-state index in [0.29, 0.717) is 17.3 Å². The van der Waals surface area contributed by atoms with Crippen molar-refractivity contribution in [1.29, 1.82) is 0 Å². The van der Waals surface area contributed by atoms with Gasteiger partial charge in [0.2, 0.25) is 0 Å². The van der Waals surface area contributed by atoms with Gasteiger partial charge in [0.05, 0.1) is 10.7 Å². The van der Waals surface area contributed by atoms with Gasteiger partial charge < -0.3 is 16.8 Å². The zero-order chi connectivity index (χ0) is 16.1. The molecule has 0 aliphatic heterocycles. The van der Waals surface area contributed by atoms with E-state index in [1.54, 1.807) is 6.07 Å². The number of benzene rings is 2. The van der Waals surface area contributed by atoms with Crippen molar-refractivity contribution in [2.45, 2.75) is 19.8 Å². The number of hydrogen-bond acceptors (Lipinski definition) is 3. The van der Waals surface area contributed by atoms with Crippen molar-refractivity contribution in [3.8, 4) is 0 Å². The summed E-state index contributed by atoms with van der Waals surface area (Å²) < 4.78 is 0. The lowest BCUT2D eigenvalue weighted by Gasteiger charge is -2.16. The van der Waals surface area contributed by atoms with Crippen molar-refractivity contribution < 1.29 is 0 Å². The topological polar surface area (TPSA) is 64.1 Å². The van der Waals surface area contributed by atoms with E-state index in [2.05, 4.69) is 37.0 Å². The highest BCUT2D eigenvalue weighted by molar-refractivity contribution is 6.33. The van der Waals surface area contributed by atoms with E-state index in [0.717, 1.165) is 29.8 Å². The Morgan fingerprint density at radius 2 is 2.00 bits per heavy atom. The largest absolute Gasteiger partial charge is 0.399 e. The molecule has 0 saturated heterocycles. The van der Waals surface area contributed by atoms with Crippen molar-refractivity contribution in [1.82, 2.24) is 0 Å². The number of hydrogen-bond donors (Lipinski definition) is 3. The lowest BCUT2D eigenvalue weighted by Crippen LogP contribution is -2.05. The first kappa shape index (κ1) is 16.4. The van der Waals surface area contributed by atoms with Crippen LogP contribution in [0, 0.1) is 6.92 Å². The van der Waals surface area contributed by atoms with Gasteiger partial charge >= 0.3 is 0 Å². The molecular formula is C18H22ClN3. The van der Waals surface area contributed by atoms with E-state index in [1.165, 1.54) is 11.1 Å². The van der Waals surface area contributed by atoms with Gasteiger partial charge in [-0.3, -0.25) is 0 Å². The van der Waals surface area contributed by atoms with Gasteiger partial charge in [-0.25, -0.2) is 0 Å². The molecule has 0 fully saturated rings. The monoisotopic (exact) mass is 315 g/mol. The Kier molecular flexibility index (Phi) is 5.47. The number of anilines is 2. The molecule has 0 aliphatic rings. The van der Waals surface area contributed by atoms with Crippen molar-refractivity contribution >= 4 is 28.7 Å². The molecule has 0 saturated carbocycles. The van der Waals surface area contributed by atoms with Crippen LogP contribution in [0.25, 0.3) is 5.70 Å². The van der Waals surface area contributed by atoms with Gasteiger partial charge in [0.25, 0.3) is 0 Å².